The topological polar surface area (TPSA) is 64.1 Å². The molecule has 1 heterocycles. The summed E-state index contributed by atoms with van der Waals surface area (Å²) in [6.07, 6.45) is 1.91. The van der Waals surface area contributed by atoms with Crippen LogP contribution in [0.1, 0.15) is 0 Å². The van der Waals surface area contributed by atoms with Gasteiger partial charge in [-0.2, -0.15) is 4.37 Å². The van der Waals surface area contributed by atoms with E-state index in [1.165, 1.54) is 35.1 Å². The Morgan fingerprint density at radius 2 is 2.33 bits per heavy atom. The molecule has 0 unspecified atom stereocenters. The summed E-state index contributed by atoms with van der Waals surface area (Å²) >= 11 is 10.0. The molecule has 2 aromatic rings. The second-order valence-corrected chi connectivity index (χ2v) is 6.91. The van der Waals surface area contributed by atoms with Crippen molar-refractivity contribution in [3.05, 3.63) is 23.2 Å². The lowest BCUT2D eigenvalue weighted by molar-refractivity contribution is -0.113. The molecule has 0 aliphatic carbocycles. The molecule has 0 aliphatic heterocycles. The van der Waals surface area contributed by atoms with Crippen LogP contribution in [0.25, 0.3) is 0 Å². The number of aromatic nitrogens is 2. The Morgan fingerprint density at radius 3 is 3.00 bits per heavy atom. The molecule has 9 heteroatoms. The largest absolute Gasteiger partial charge is 0.495 e. The van der Waals surface area contributed by atoms with Crippen LogP contribution in [0, 0.1) is 0 Å². The zero-order valence-corrected chi connectivity index (χ0v) is 14.5. The molecular weight excluding hydrogens is 350 g/mol. The highest BCUT2D eigenvalue weighted by Crippen LogP contribution is 2.28. The van der Waals surface area contributed by atoms with Gasteiger partial charge in [0.15, 0.2) is 4.34 Å². The van der Waals surface area contributed by atoms with Crippen LogP contribution in [0.4, 0.5) is 5.69 Å². The normalized spacial score (nSPS) is 10.4. The number of amides is 1. The Kier molecular flexibility index (Phi) is 6.16. The highest BCUT2D eigenvalue weighted by molar-refractivity contribution is 8.01. The number of nitrogens with zero attached hydrogens (tertiary/aromatic N) is 2. The third kappa shape index (κ3) is 4.77. The highest BCUT2D eigenvalue weighted by Gasteiger charge is 2.11. The Hall–Kier alpha value is -0.960. The van der Waals surface area contributed by atoms with Crippen LogP contribution in [0.5, 0.6) is 5.75 Å². The maximum atomic E-state index is 12.0. The summed E-state index contributed by atoms with van der Waals surface area (Å²) in [5, 5.41) is 4.03. The van der Waals surface area contributed by atoms with Crippen LogP contribution in [-0.4, -0.2) is 34.4 Å². The van der Waals surface area contributed by atoms with E-state index >= 15 is 0 Å². The molecule has 1 N–H and O–H groups in total. The highest BCUT2D eigenvalue weighted by atomic mass is 35.5. The molecular formula is C12H12ClN3O2S3. The zero-order valence-electron chi connectivity index (χ0n) is 11.3. The van der Waals surface area contributed by atoms with Crippen LogP contribution in [0.2, 0.25) is 5.02 Å². The first kappa shape index (κ1) is 16.4. The van der Waals surface area contributed by atoms with E-state index in [4.69, 9.17) is 16.3 Å². The van der Waals surface area contributed by atoms with Crippen molar-refractivity contribution in [3.8, 4) is 5.75 Å². The quantitative estimate of drug-likeness (QED) is 0.792. The van der Waals surface area contributed by atoms with Crippen molar-refractivity contribution in [1.29, 1.82) is 0 Å². The summed E-state index contributed by atoms with van der Waals surface area (Å²) in [4.78, 5) is 16.2. The molecule has 0 fully saturated rings. The van der Waals surface area contributed by atoms with E-state index in [9.17, 15) is 4.79 Å². The van der Waals surface area contributed by atoms with E-state index in [1.54, 1.807) is 25.3 Å². The van der Waals surface area contributed by atoms with Gasteiger partial charge in [-0.05, 0) is 36.0 Å². The molecule has 21 heavy (non-hydrogen) atoms. The smallest absolute Gasteiger partial charge is 0.234 e. The van der Waals surface area contributed by atoms with E-state index in [1.807, 2.05) is 6.26 Å². The van der Waals surface area contributed by atoms with E-state index in [-0.39, 0.29) is 11.7 Å². The summed E-state index contributed by atoms with van der Waals surface area (Å²) in [6.45, 7) is 0. The van der Waals surface area contributed by atoms with Crippen LogP contribution >= 0.6 is 46.7 Å². The summed E-state index contributed by atoms with van der Waals surface area (Å²) in [7, 11) is 1.54. The fraction of sp³-hybridized carbons (Fsp3) is 0.250. The van der Waals surface area contributed by atoms with E-state index in [0.29, 0.717) is 16.5 Å². The number of halogens is 1. The number of rotatable bonds is 6. The first-order chi connectivity index (χ1) is 10.1. The Bertz CT molecular complexity index is 636. The molecule has 5 nitrogen and oxygen atoms in total. The predicted molar refractivity (Wildman–Crippen MR) is 89.0 cm³/mol. The fourth-order valence-corrected chi connectivity index (χ4v) is 3.61. The lowest BCUT2D eigenvalue weighted by Crippen LogP contribution is -2.14. The van der Waals surface area contributed by atoms with E-state index in [0.717, 1.165) is 9.50 Å². The Labute approximate surface area is 140 Å². The fourth-order valence-electron chi connectivity index (χ4n) is 1.43. The third-order valence-electron chi connectivity index (χ3n) is 2.33. The van der Waals surface area contributed by atoms with Gasteiger partial charge in [0.05, 0.1) is 18.6 Å². The number of benzene rings is 1. The van der Waals surface area contributed by atoms with Gasteiger partial charge in [-0.3, -0.25) is 4.79 Å². The maximum absolute atomic E-state index is 12.0. The second kappa shape index (κ2) is 7.88. The molecule has 1 aromatic heterocycles. The molecule has 0 saturated heterocycles. The molecule has 0 spiro atoms. The summed E-state index contributed by atoms with van der Waals surface area (Å²) in [6, 6.07) is 5.07. The van der Waals surface area contributed by atoms with Crippen LogP contribution in [0.3, 0.4) is 0 Å². The number of carbonyl (C=O) groups is 1. The number of thioether (sulfide) groups is 2. The first-order valence-corrected chi connectivity index (χ1v) is 9.12. The van der Waals surface area contributed by atoms with Crippen LogP contribution in [0.15, 0.2) is 27.7 Å². The van der Waals surface area contributed by atoms with Gasteiger partial charge < -0.3 is 10.1 Å². The van der Waals surface area contributed by atoms with Crippen molar-refractivity contribution in [1.82, 2.24) is 9.36 Å². The molecule has 112 valence electrons. The Balaban J connectivity index is 1.94. The number of ether oxygens (including phenoxy) is 1. The average molecular weight is 362 g/mol. The van der Waals surface area contributed by atoms with Gasteiger partial charge in [0.2, 0.25) is 11.1 Å². The first-order valence-electron chi connectivity index (χ1n) is 5.76. The molecule has 1 aromatic carbocycles. The van der Waals surface area contributed by atoms with Crippen molar-refractivity contribution in [3.63, 3.8) is 0 Å². The Morgan fingerprint density at radius 1 is 1.52 bits per heavy atom. The molecule has 2 rings (SSSR count). The summed E-state index contributed by atoms with van der Waals surface area (Å²) in [5.41, 5.74) is 0.553. The van der Waals surface area contributed by atoms with Crippen molar-refractivity contribution >= 4 is 58.3 Å². The molecule has 0 radical (unpaired) electrons. The monoisotopic (exact) mass is 361 g/mol. The van der Waals surface area contributed by atoms with Crippen molar-refractivity contribution < 1.29 is 9.53 Å². The minimum absolute atomic E-state index is 0.151. The molecule has 0 aliphatic rings. The van der Waals surface area contributed by atoms with Gasteiger partial charge in [-0.15, -0.1) is 0 Å². The van der Waals surface area contributed by atoms with Crippen LogP contribution in [-0.2, 0) is 4.79 Å². The number of hydrogen-bond donors (Lipinski definition) is 1. The third-order valence-corrected chi connectivity index (χ3v) is 5.07. The molecule has 1 amide bonds. The molecule has 0 saturated carbocycles. The second-order valence-electron chi connectivity index (χ2n) is 3.73. The van der Waals surface area contributed by atoms with Gasteiger partial charge in [-0.25, -0.2) is 4.98 Å². The SMILES string of the molecule is COc1ccc(Cl)cc1NC(=O)CSc1nc(SC)ns1. The minimum atomic E-state index is -0.151. The van der Waals surface area contributed by atoms with Gasteiger partial charge in [0.25, 0.3) is 0 Å². The summed E-state index contributed by atoms with van der Waals surface area (Å²) in [5.74, 6) is 0.665. The van der Waals surface area contributed by atoms with Crippen LogP contribution < -0.4 is 10.1 Å². The van der Waals surface area contributed by atoms with Crippen molar-refractivity contribution in [2.45, 2.75) is 9.50 Å². The predicted octanol–water partition coefficient (Wildman–Crippen LogP) is 3.65. The molecule has 0 atom stereocenters. The lowest BCUT2D eigenvalue weighted by atomic mass is 10.3. The number of hydrogen-bond acceptors (Lipinski definition) is 7. The standard InChI is InChI=1S/C12H12ClN3O2S3/c1-18-9-4-3-7(13)5-8(9)14-10(17)6-20-12-15-11(19-2)16-21-12/h3-5H,6H2,1-2H3,(H,14,17). The number of nitrogens with one attached hydrogen (secondary N) is 1. The molecule has 0 bridgehead atoms. The van der Waals surface area contributed by atoms with Crippen molar-refractivity contribution in [2.75, 3.05) is 24.4 Å². The van der Waals surface area contributed by atoms with Gasteiger partial charge in [0.1, 0.15) is 5.75 Å². The van der Waals surface area contributed by atoms with E-state index in [2.05, 4.69) is 14.7 Å². The lowest BCUT2D eigenvalue weighted by Gasteiger charge is -2.09. The maximum Gasteiger partial charge on any atom is 0.234 e. The number of methoxy groups -OCH3 is 1. The zero-order chi connectivity index (χ0) is 15.2. The summed E-state index contributed by atoms with van der Waals surface area (Å²) < 4.78 is 10.1. The van der Waals surface area contributed by atoms with E-state index < -0.39 is 0 Å². The van der Waals surface area contributed by atoms with Crippen molar-refractivity contribution in [2.24, 2.45) is 0 Å². The average Bonchev–Trinajstić information content (AvgIpc) is 2.93. The van der Waals surface area contributed by atoms with Gasteiger partial charge in [0, 0.05) is 5.02 Å². The minimum Gasteiger partial charge on any atom is -0.495 e. The number of carbonyl (C=O) groups excluding carboxylic acids is 1. The van der Waals surface area contributed by atoms with Gasteiger partial charge in [-0.1, -0.05) is 35.1 Å². The van der Waals surface area contributed by atoms with Gasteiger partial charge >= 0.3 is 0 Å². The number of anilines is 1.